The van der Waals surface area contributed by atoms with E-state index in [9.17, 15) is 4.79 Å². The SMILES string of the molecule is CNCC(C)C(=O)NCC1(N2CCSCC2)CCCC1.Cl.Cl. The van der Waals surface area contributed by atoms with E-state index in [4.69, 9.17) is 0 Å². The van der Waals surface area contributed by atoms with Crippen molar-refractivity contribution in [3.8, 4) is 0 Å². The minimum absolute atomic E-state index is 0. The molecule has 0 bridgehead atoms. The molecule has 132 valence electrons. The zero-order valence-electron chi connectivity index (χ0n) is 13.7. The van der Waals surface area contributed by atoms with E-state index >= 15 is 0 Å². The monoisotopic (exact) mass is 371 g/mol. The van der Waals surface area contributed by atoms with E-state index < -0.39 is 0 Å². The van der Waals surface area contributed by atoms with Gasteiger partial charge in [-0.1, -0.05) is 19.8 Å². The summed E-state index contributed by atoms with van der Waals surface area (Å²) >= 11 is 2.05. The van der Waals surface area contributed by atoms with Gasteiger partial charge in [-0.3, -0.25) is 9.69 Å². The summed E-state index contributed by atoms with van der Waals surface area (Å²) in [5.74, 6) is 2.73. The Kier molecular flexibility index (Phi) is 11.1. The van der Waals surface area contributed by atoms with Crippen molar-refractivity contribution >= 4 is 42.5 Å². The molecular weight excluding hydrogens is 341 g/mol. The van der Waals surface area contributed by atoms with Gasteiger partial charge in [0.05, 0.1) is 0 Å². The number of carbonyl (C=O) groups excluding carboxylic acids is 1. The van der Waals surface area contributed by atoms with E-state index in [-0.39, 0.29) is 42.2 Å². The standard InChI is InChI=1S/C15H29N3OS.2ClH/c1-13(11-16-2)14(19)17-12-15(5-3-4-6-15)18-7-9-20-10-8-18;;/h13,16H,3-12H2,1-2H3,(H,17,19);2*1H. The number of nitrogens with one attached hydrogen (secondary N) is 2. The molecule has 1 aliphatic heterocycles. The number of rotatable bonds is 6. The van der Waals surface area contributed by atoms with E-state index in [2.05, 4.69) is 27.3 Å². The van der Waals surface area contributed by atoms with Gasteiger partial charge in [-0.25, -0.2) is 0 Å². The highest BCUT2D eigenvalue weighted by molar-refractivity contribution is 7.99. The van der Waals surface area contributed by atoms with Gasteiger partial charge < -0.3 is 10.6 Å². The molecule has 0 aromatic heterocycles. The molecule has 1 amide bonds. The molecule has 1 heterocycles. The van der Waals surface area contributed by atoms with Crippen molar-refractivity contribution < 1.29 is 4.79 Å². The highest BCUT2D eigenvalue weighted by Crippen LogP contribution is 2.36. The van der Waals surface area contributed by atoms with Crippen LogP contribution in [0.4, 0.5) is 0 Å². The fourth-order valence-corrected chi connectivity index (χ4v) is 4.40. The third-order valence-electron chi connectivity index (χ3n) is 4.77. The maximum absolute atomic E-state index is 12.1. The molecule has 0 aromatic rings. The van der Waals surface area contributed by atoms with Crippen LogP contribution in [0.25, 0.3) is 0 Å². The molecule has 22 heavy (non-hydrogen) atoms. The number of thioether (sulfide) groups is 1. The van der Waals surface area contributed by atoms with Crippen molar-refractivity contribution in [3.63, 3.8) is 0 Å². The number of nitrogens with zero attached hydrogens (tertiary/aromatic N) is 1. The van der Waals surface area contributed by atoms with Crippen LogP contribution in [0.3, 0.4) is 0 Å². The van der Waals surface area contributed by atoms with E-state index in [1.807, 2.05) is 14.0 Å². The Labute approximate surface area is 151 Å². The van der Waals surface area contributed by atoms with Gasteiger partial charge in [0.15, 0.2) is 0 Å². The Bertz CT molecular complexity index is 322. The van der Waals surface area contributed by atoms with Crippen LogP contribution in [0.2, 0.25) is 0 Å². The van der Waals surface area contributed by atoms with Gasteiger partial charge in [-0.2, -0.15) is 11.8 Å². The average Bonchev–Trinajstić information content (AvgIpc) is 2.96. The zero-order chi connectivity index (χ0) is 14.4. The summed E-state index contributed by atoms with van der Waals surface area (Å²) in [6, 6.07) is 0. The molecule has 1 unspecified atom stereocenters. The summed E-state index contributed by atoms with van der Waals surface area (Å²) in [7, 11) is 1.90. The predicted molar refractivity (Wildman–Crippen MR) is 101 cm³/mol. The first kappa shape index (κ1) is 22.3. The maximum atomic E-state index is 12.1. The molecule has 2 fully saturated rings. The Balaban J connectivity index is 0.00000220. The lowest BCUT2D eigenvalue weighted by atomic mass is 9.94. The van der Waals surface area contributed by atoms with Gasteiger partial charge in [-0.15, -0.1) is 24.8 Å². The third-order valence-corrected chi connectivity index (χ3v) is 5.71. The lowest BCUT2D eigenvalue weighted by Crippen LogP contribution is -2.57. The van der Waals surface area contributed by atoms with Crippen molar-refractivity contribution in [2.75, 3.05) is 44.7 Å². The summed E-state index contributed by atoms with van der Waals surface area (Å²) in [5.41, 5.74) is 0.246. The lowest BCUT2D eigenvalue weighted by molar-refractivity contribution is -0.125. The largest absolute Gasteiger partial charge is 0.354 e. The first-order valence-electron chi connectivity index (χ1n) is 7.93. The van der Waals surface area contributed by atoms with Crippen molar-refractivity contribution in [1.29, 1.82) is 0 Å². The zero-order valence-corrected chi connectivity index (χ0v) is 16.2. The second kappa shape index (κ2) is 11.0. The minimum atomic E-state index is 0. The van der Waals surface area contributed by atoms with Crippen LogP contribution in [-0.2, 0) is 4.79 Å². The molecule has 7 heteroatoms. The number of carbonyl (C=O) groups is 1. The van der Waals surface area contributed by atoms with E-state index in [0.717, 1.165) is 13.1 Å². The van der Waals surface area contributed by atoms with Gasteiger partial charge in [0.25, 0.3) is 0 Å². The van der Waals surface area contributed by atoms with Crippen molar-refractivity contribution in [1.82, 2.24) is 15.5 Å². The Morgan fingerprint density at radius 3 is 2.36 bits per heavy atom. The summed E-state index contributed by atoms with van der Waals surface area (Å²) in [5, 5.41) is 6.30. The quantitative estimate of drug-likeness (QED) is 0.750. The lowest BCUT2D eigenvalue weighted by Gasteiger charge is -2.43. The van der Waals surface area contributed by atoms with Crippen molar-refractivity contribution in [3.05, 3.63) is 0 Å². The van der Waals surface area contributed by atoms with Gasteiger partial charge in [0.1, 0.15) is 0 Å². The molecule has 1 atom stereocenters. The highest BCUT2D eigenvalue weighted by atomic mass is 35.5. The number of halogens is 2. The molecular formula is C15H31Cl2N3OS. The minimum Gasteiger partial charge on any atom is -0.354 e. The first-order chi connectivity index (χ1) is 9.68. The molecule has 1 aliphatic carbocycles. The van der Waals surface area contributed by atoms with Crippen LogP contribution < -0.4 is 10.6 Å². The number of amides is 1. The van der Waals surface area contributed by atoms with Gasteiger partial charge >= 0.3 is 0 Å². The second-order valence-corrected chi connectivity index (χ2v) is 7.43. The highest BCUT2D eigenvalue weighted by Gasteiger charge is 2.40. The van der Waals surface area contributed by atoms with Crippen LogP contribution in [0.5, 0.6) is 0 Å². The molecule has 2 aliphatic rings. The number of hydrogen-bond acceptors (Lipinski definition) is 4. The van der Waals surface area contributed by atoms with Gasteiger partial charge in [0, 0.05) is 49.1 Å². The summed E-state index contributed by atoms with van der Waals surface area (Å²) in [4.78, 5) is 14.8. The Hall–Kier alpha value is 0.320. The molecule has 4 nitrogen and oxygen atoms in total. The number of hydrogen-bond donors (Lipinski definition) is 2. The molecule has 0 radical (unpaired) electrons. The van der Waals surface area contributed by atoms with Crippen LogP contribution >= 0.6 is 36.6 Å². The second-order valence-electron chi connectivity index (χ2n) is 6.21. The molecule has 0 aromatic carbocycles. The molecule has 0 spiro atoms. The average molecular weight is 372 g/mol. The van der Waals surface area contributed by atoms with Crippen molar-refractivity contribution in [2.24, 2.45) is 5.92 Å². The third kappa shape index (κ3) is 5.75. The van der Waals surface area contributed by atoms with E-state index in [1.54, 1.807) is 0 Å². The Morgan fingerprint density at radius 1 is 1.23 bits per heavy atom. The van der Waals surface area contributed by atoms with Crippen LogP contribution in [0, 0.1) is 5.92 Å². The van der Waals surface area contributed by atoms with Gasteiger partial charge in [0.2, 0.25) is 5.91 Å². The molecule has 2 N–H and O–H groups in total. The molecule has 1 saturated carbocycles. The summed E-state index contributed by atoms with van der Waals surface area (Å²) in [6.45, 7) is 5.95. The summed E-state index contributed by atoms with van der Waals surface area (Å²) < 4.78 is 0. The molecule has 2 rings (SSSR count). The topological polar surface area (TPSA) is 44.4 Å². The van der Waals surface area contributed by atoms with E-state index in [0.29, 0.717) is 0 Å². The predicted octanol–water partition coefficient (Wildman–Crippen LogP) is 2.16. The van der Waals surface area contributed by atoms with Gasteiger partial charge in [-0.05, 0) is 19.9 Å². The van der Waals surface area contributed by atoms with Crippen LogP contribution in [-0.4, -0.2) is 61.1 Å². The fourth-order valence-electron chi connectivity index (χ4n) is 3.50. The smallest absolute Gasteiger partial charge is 0.224 e. The fraction of sp³-hybridized carbons (Fsp3) is 0.933. The molecule has 1 saturated heterocycles. The van der Waals surface area contributed by atoms with Crippen molar-refractivity contribution in [2.45, 2.75) is 38.1 Å². The summed E-state index contributed by atoms with van der Waals surface area (Å²) in [6.07, 6.45) is 5.12. The first-order valence-corrected chi connectivity index (χ1v) is 9.08. The van der Waals surface area contributed by atoms with Crippen LogP contribution in [0.1, 0.15) is 32.6 Å². The Morgan fingerprint density at radius 2 is 1.82 bits per heavy atom. The van der Waals surface area contributed by atoms with E-state index in [1.165, 1.54) is 50.3 Å². The van der Waals surface area contributed by atoms with Crippen LogP contribution in [0.15, 0.2) is 0 Å². The normalized spacial score (nSPS) is 22.3. The maximum Gasteiger partial charge on any atom is 0.224 e.